The molecule has 10 heteroatoms. The third-order valence-electron chi connectivity index (χ3n) is 5.36. The molecule has 2 heterocycles. The summed E-state index contributed by atoms with van der Waals surface area (Å²) in [7, 11) is -7.70. The zero-order valence-electron chi connectivity index (χ0n) is 16.3. The van der Waals surface area contributed by atoms with Crippen molar-refractivity contribution in [2.45, 2.75) is 35.5 Å². The minimum atomic E-state index is -3.93. The summed E-state index contributed by atoms with van der Waals surface area (Å²) in [4.78, 5) is -0.210. The Morgan fingerprint density at radius 3 is 1.90 bits per heavy atom. The van der Waals surface area contributed by atoms with Crippen LogP contribution in [-0.2, 0) is 20.0 Å². The van der Waals surface area contributed by atoms with Crippen molar-refractivity contribution in [3.63, 3.8) is 0 Å². The summed E-state index contributed by atoms with van der Waals surface area (Å²) in [5.41, 5.74) is 0. The highest BCUT2D eigenvalue weighted by atomic mass is 35.5. The van der Waals surface area contributed by atoms with Crippen LogP contribution >= 0.6 is 11.6 Å². The molecule has 0 bridgehead atoms. The number of halogens is 1. The lowest BCUT2D eigenvalue weighted by Crippen LogP contribution is -2.30. The Bertz CT molecular complexity index is 1140. The van der Waals surface area contributed by atoms with Gasteiger partial charge in [0, 0.05) is 26.2 Å². The van der Waals surface area contributed by atoms with Gasteiger partial charge in [-0.25, -0.2) is 16.8 Å². The molecule has 2 fully saturated rings. The quantitative estimate of drug-likeness (QED) is 0.642. The molecule has 0 saturated carbocycles. The Hall–Kier alpha value is -1.65. The maximum atomic E-state index is 13.3. The van der Waals surface area contributed by atoms with E-state index >= 15 is 0 Å². The number of ether oxygens (including phenoxy) is 1. The fourth-order valence-corrected chi connectivity index (χ4v) is 7.18. The summed E-state index contributed by atoms with van der Waals surface area (Å²) in [6.45, 7) is 1.68. The third-order valence-corrected chi connectivity index (χ3v) is 9.48. The maximum absolute atomic E-state index is 13.3. The van der Waals surface area contributed by atoms with Crippen LogP contribution in [-0.4, -0.2) is 51.6 Å². The Labute approximate surface area is 182 Å². The number of nitrogens with zero attached hydrogens (tertiary/aromatic N) is 2. The summed E-state index contributed by atoms with van der Waals surface area (Å²) in [6.07, 6.45) is 3.13. The molecule has 7 nitrogen and oxygen atoms in total. The van der Waals surface area contributed by atoms with Crippen LogP contribution in [0.4, 0.5) is 0 Å². The molecule has 2 saturated heterocycles. The van der Waals surface area contributed by atoms with Crippen LogP contribution in [0.1, 0.15) is 25.7 Å². The number of rotatable bonds is 6. The van der Waals surface area contributed by atoms with Crippen LogP contribution in [0.25, 0.3) is 0 Å². The van der Waals surface area contributed by atoms with Crippen molar-refractivity contribution in [1.82, 2.24) is 8.61 Å². The summed E-state index contributed by atoms with van der Waals surface area (Å²) in [5.74, 6) is 0.350. The Morgan fingerprint density at radius 1 is 0.733 bits per heavy atom. The van der Waals surface area contributed by atoms with E-state index < -0.39 is 20.0 Å². The lowest BCUT2D eigenvalue weighted by atomic mass is 10.3. The first-order valence-electron chi connectivity index (χ1n) is 9.87. The number of benzene rings is 2. The summed E-state index contributed by atoms with van der Waals surface area (Å²) < 4.78 is 61.3. The third kappa shape index (κ3) is 4.09. The van der Waals surface area contributed by atoms with Gasteiger partial charge in [-0.3, -0.25) is 0 Å². The van der Waals surface area contributed by atoms with E-state index in [9.17, 15) is 16.8 Å². The van der Waals surface area contributed by atoms with Gasteiger partial charge >= 0.3 is 0 Å². The lowest BCUT2D eigenvalue weighted by Gasteiger charge is -2.21. The number of para-hydroxylation sites is 1. The fraction of sp³-hybridized carbons (Fsp3) is 0.400. The van der Waals surface area contributed by atoms with Gasteiger partial charge < -0.3 is 4.74 Å². The van der Waals surface area contributed by atoms with Crippen LogP contribution in [0.2, 0.25) is 5.02 Å². The van der Waals surface area contributed by atoms with Crippen LogP contribution in [0.3, 0.4) is 0 Å². The van der Waals surface area contributed by atoms with Crippen molar-refractivity contribution < 1.29 is 21.6 Å². The zero-order valence-corrected chi connectivity index (χ0v) is 18.7. The van der Waals surface area contributed by atoms with Crippen LogP contribution in [0, 0.1) is 0 Å². The van der Waals surface area contributed by atoms with E-state index in [-0.39, 0.29) is 15.5 Å². The van der Waals surface area contributed by atoms with Crippen LogP contribution in [0.5, 0.6) is 11.5 Å². The second kappa shape index (κ2) is 8.47. The number of sulfonamides is 2. The van der Waals surface area contributed by atoms with Crippen molar-refractivity contribution in [3.8, 4) is 11.5 Å². The minimum Gasteiger partial charge on any atom is -0.454 e. The highest BCUT2D eigenvalue weighted by Crippen LogP contribution is 2.37. The van der Waals surface area contributed by atoms with Gasteiger partial charge in [-0.05, 0) is 56.0 Å². The largest absolute Gasteiger partial charge is 0.454 e. The van der Waals surface area contributed by atoms with Gasteiger partial charge in [-0.2, -0.15) is 8.61 Å². The normalized spacial score (nSPS) is 18.7. The van der Waals surface area contributed by atoms with Gasteiger partial charge in [0.05, 0.1) is 9.92 Å². The molecule has 2 aliphatic heterocycles. The molecule has 2 aromatic carbocycles. The van der Waals surface area contributed by atoms with Crippen molar-refractivity contribution in [2.75, 3.05) is 26.2 Å². The van der Waals surface area contributed by atoms with Gasteiger partial charge in [0.15, 0.2) is 0 Å². The smallest absolute Gasteiger partial charge is 0.246 e. The average molecular weight is 471 g/mol. The van der Waals surface area contributed by atoms with Gasteiger partial charge in [-0.1, -0.05) is 23.7 Å². The van der Waals surface area contributed by atoms with Gasteiger partial charge in [0.25, 0.3) is 0 Å². The SMILES string of the molecule is O=S(=O)(c1ccc(Oc2ccccc2Cl)c(S(=O)(=O)N2CCCC2)c1)N1CCCC1. The molecule has 0 N–H and O–H groups in total. The Morgan fingerprint density at radius 2 is 1.30 bits per heavy atom. The molecular formula is C20H23ClN2O5S2. The second-order valence-corrected chi connectivity index (χ2v) is 11.6. The molecule has 0 unspecified atom stereocenters. The fourth-order valence-electron chi connectivity index (χ4n) is 3.73. The van der Waals surface area contributed by atoms with Crippen molar-refractivity contribution in [2.24, 2.45) is 0 Å². The highest BCUT2D eigenvalue weighted by Gasteiger charge is 2.34. The van der Waals surface area contributed by atoms with E-state index in [1.165, 1.54) is 26.8 Å². The topological polar surface area (TPSA) is 84.0 Å². The van der Waals surface area contributed by atoms with Crippen LogP contribution < -0.4 is 4.74 Å². The van der Waals surface area contributed by atoms with Crippen molar-refractivity contribution in [1.29, 1.82) is 0 Å². The molecular weight excluding hydrogens is 448 g/mol. The van der Waals surface area contributed by atoms with E-state index in [2.05, 4.69) is 0 Å². The molecule has 2 aromatic rings. The van der Waals surface area contributed by atoms with Gasteiger partial charge in [-0.15, -0.1) is 0 Å². The highest BCUT2D eigenvalue weighted by molar-refractivity contribution is 7.90. The zero-order chi connectivity index (χ0) is 21.4. The second-order valence-electron chi connectivity index (χ2n) is 7.36. The molecule has 4 rings (SSSR count). The Kier molecular flexibility index (Phi) is 6.09. The molecule has 0 atom stereocenters. The van der Waals surface area contributed by atoms with Crippen molar-refractivity contribution in [3.05, 3.63) is 47.5 Å². The van der Waals surface area contributed by atoms with E-state index in [1.54, 1.807) is 24.3 Å². The lowest BCUT2D eigenvalue weighted by molar-refractivity contribution is 0.448. The molecule has 0 amide bonds. The average Bonchev–Trinajstić information content (AvgIpc) is 3.44. The number of hydrogen-bond acceptors (Lipinski definition) is 5. The monoisotopic (exact) mass is 470 g/mol. The van der Waals surface area contributed by atoms with Crippen LogP contribution in [0.15, 0.2) is 52.3 Å². The predicted octanol–water partition coefficient (Wildman–Crippen LogP) is 3.70. The first kappa shape index (κ1) is 21.6. The summed E-state index contributed by atoms with van der Waals surface area (Å²) >= 11 is 6.17. The molecule has 0 aliphatic carbocycles. The standard InChI is InChI=1S/C20H23ClN2O5S2/c21-17-7-1-2-8-18(17)28-19-10-9-16(29(24,25)22-11-3-4-12-22)15-20(19)30(26,27)23-13-5-6-14-23/h1-2,7-10,15H,3-6,11-14H2. The molecule has 0 spiro atoms. The maximum Gasteiger partial charge on any atom is 0.246 e. The Balaban J connectivity index is 1.81. The van der Waals surface area contributed by atoms with E-state index in [1.807, 2.05) is 0 Å². The molecule has 0 aromatic heterocycles. The van der Waals surface area contributed by atoms with Gasteiger partial charge in [0.2, 0.25) is 20.0 Å². The first-order valence-corrected chi connectivity index (χ1v) is 13.1. The van der Waals surface area contributed by atoms with E-state index in [0.29, 0.717) is 37.0 Å². The predicted molar refractivity (Wildman–Crippen MR) is 114 cm³/mol. The van der Waals surface area contributed by atoms with E-state index in [4.69, 9.17) is 16.3 Å². The van der Waals surface area contributed by atoms with Gasteiger partial charge in [0.1, 0.15) is 16.4 Å². The van der Waals surface area contributed by atoms with E-state index in [0.717, 1.165) is 25.7 Å². The molecule has 162 valence electrons. The number of hydrogen-bond donors (Lipinski definition) is 0. The van der Waals surface area contributed by atoms with Crippen molar-refractivity contribution >= 4 is 31.6 Å². The summed E-state index contributed by atoms with van der Waals surface area (Å²) in [6, 6.07) is 10.7. The molecule has 0 radical (unpaired) electrons. The minimum absolute atomic E-state index is 0.0475. The molecule has 2 aliphatic rings. The summed E-state index contributed by atoms with van der Waals surface area (Å²) in [5, 5.41) is 0.329. The molecule has 30 heavy (non-hydrogen) atoms. The first-order chi connectivity index (χ1) is 14.3.